The van der Waals surface area contributed by atoms with Gasteiger partial charge in [0, 0.05) is 11.6 Å². The fourth-order valence-electron chi connectivity index (χ4n) is 1.89. The maximum atomic E-state index is 12.0. The van der Waals surface area contributed by atoms with Crippen molar-refractivity contribution in [1.82, 2.24) is 4.72 Å². The molecule has 3 nitrogen and oxygen atoms in total. The highest BCUT2D eigenvalue weighted by atomic mass is 35.5. The summed E-state index contributed by atoms with van der Waals surface area (Å²) in [5.74, 6) is -0.0700. The van der Waals surface area contributed by atoms with Gasteiger partial charge in [-0.1, -0.05) is 48.0 Å². The molecule has 0 amide bonds. The van der Waals surface area contributed by atoms with Gasteiger partial charge in [-0.05, 0) is 35.7 Å². The molecule has 2 rings (SSSR count). The topological polar surface area (TPSA) is 46.2 Å². The van der Waals surface area contributed by atoms with E-state index in [-0.39, 0.29) is 5.75 Å². The van der Waals surface area contributed by atoms with Crippen molar-refractivity contribution in [2.75, 3.05) is 0 Å². The zero-order valence-electron chi connectivity index (χ0n) is 11.1. The minimum Gasteiger partial charge on any atom is -0.212 e. The van der Waals surface area contributed by atoms with Crippen molar-refractivity contribution >= 4 is 21.6 Å². The summed E-state index contributed by atoms with van der Waals surface area (Å²) in [6.07, 6.45) is 0. The summed E-state index contributed by atoms with van der Waals surface area (Å²) in [6, 6.07) is 14.6. The van der Waals surface area contributed by atoms with Crippen LogP contribution in [-0.2, 0) is 22.3 Å². The van der Waals surface area contributed by atoms with Crippen LogP contribution in [0.2, 0.25) is 5.02 Å². The fourth-order valence-corrected chi connectivity index (χ4v) is 3.20. The first-order valence-electron chi connectivity index (χ1n) is 6.22. The van der Waals surface area contributed by atoms with Gasteiger partial charge in [0.15, 0.2) is 0 Å². The SMILES string of the molecule is Cc1ccccc1CNS(=O)(=O)Cc1cccc(Cl)c1. The van der Waals surface area contributed by atoms with Crippen LogP contribution in [0, 0.1) is 6.92 Å². The number of hydrogen-bond acceptors (Lipinski definition) is 2. The zero-order valence-corrected chi connectivity index (χ0v) is 12.7. The summed E-state index contributed by atoms with van der Waals surface area (Å²) in [4.78, 5) is 0. The largest absolute Gasteiger partial charge is 0.216 e. The standard InChI is InChI=1S/C15H16ClNO2S/c1-12-5-2-3-7-14(12)10-17-20(18,19)11-13-6-4-8-15(16)9-13/h2-9,17H,10-11H2,1H3. The second-order valence-corrected chi connectivity index (χ2v) is 6.88. The van der Waals surface area contributed by atoms with Crippen LogP contribution in [0.3, 0.4) is 0 Å². The fraction of sp³-hybridized carbons (Fsp3) is 0.200. The number of hydrogen-bond donors (Lipinski definition) is 1. The smallest absolute Gasteiger partial charge is 0.212 e. The number of aryl methyl sites for hydroxylation is 1. The van der Waals surface area contributed by atoms with Crippen molar-refractivity contribution in [3.05, 3.63) is 70.2 Å². The molecule has 1 N–H and O–H groups in total. The van der Waals surface area contributed by atoms with E-state index in [9.17, 15) is 8.42 Å². The van der Waals surface area contributed by atoms with Gasteiger partial charge in [-0.2, -0.15) is 0 Å². The number of halogens is 1. The quantitative estimate of drug-likeness (QED) is 0.921. The van der Waals surface area contributed by atoms with E-state index in [1.807, 2.05) is 31.2 Å². The predicted octanol–water partition coefficient (Wildman–Crippen LogP) is 3.27. The number of benzene rings is 2. The Kier molecular flexibility index (Phi) is 4.81. The molecule has 0 aliphatic heterocycles. The van der Waals surface area contributed by atoms with Gasteiger partial charge in [0.2, 0.25) is 10.0 Å². The molecule has 0 spiro atoms. The van der Waals surface area contributed by atoms with Crippen LogP contribution >= 0.6 is 11.6 Å². The van der Waals surface area contributed by atoms with Crippen LogP contribution in [0.25, 0.3) is 0 Å². The summed E-state index contributed by atoms with van der Waals surface area (Å²) in [5, 5.41) is 0.539. The molecule has 0 saturated heterocycles. The summed E-state index contributed by atoms with van der Waals surface area (Å²) in [5.41, 5.74) is 2.72. The third kappa shape index (κ3) is 4.34. The molecule has 2 aromatic rings. The van der Waals surface area contributed by atoms with E-state index in [1.165, 1.54) is 0 Å². The van der Waals surface area contributed by atoms with Crippen LogP contribution in [-0.4, -0.2) is 8.42 Å². The maximum Gasteiger partial charge on any atom is 0.216 e. The van der Waals surface area contributed by atoms with Crippen molar-refractivity contribution in [3.63, 3.8) is 0 Å². The van der Waals surface area contributed by atoms with Crippen LogP contribution in [0.15, 0.2) is 48.5 Å². The minimum atomic E-state index is -3.37. The molecule has 0 unspecified atom stereocenters. The summed E-state index contributed by atoms with van der Waals surface area (Å²) < 4.78 is 26.7. The monoisotopic (exact) mass is 309 g/mol. The minimum absolute atomic E-state index is 0.0700. The lowest BCUT2D eigenvalue weighted by atomic mass is 10.1. The molecule has 106 valence electrons. The maximum absolute atomic E-state index is 12.0. The Morgan fingerprint density at radius 3 is 2.55 bits per heavy atom. The summed E-state index contributed by atoms with van der Waals surface area (Å²) in [6.45, 7) is 2.26. The van der Waals surface area contributed by atoms with Crippen molar-refractivity contribution in [1.29, 1.82) is 0 Å². The molecule has 0 radical (unpaired) electrons. The number of nitrogens with one attached hydrogen (secondary N) is 1. The van der Waals surface area contributed by atoms with Crippen molar-refractivity contribution in [2.24, 2.45) is 0 Å². The van der Waals surface area contributed by atoms with Crippen LogP contribution in [0.1, 0.15) is 16.7 Å². The van der Waals surface area contributed by atoms with Crippen LogP contribution in [0.5, 0.6) is 0 Å². The lowest BCUT2D eigenvalue weighted by Gasteiger charge is -2.09. The molecule has 0 aliphatic rings. The molecule has 0 atom stereocenters. The first-order valence-corrected chi connectivity index (χ1v) is 8.25. The summed E-state index contributed by atoms with van der Waals surface area (Å²) >= 11 is 5.85. The summed E-state index contributed by atoms with van der Waals surface area (Å²) in [7, 11) is -3.37. The lowest BCUT2D eigenvalue weighted by molar-refractivity contribution is 0.580. The Hall–Kier alpha value is -1.36. The highest BCUT2D eigenvalue weighted by Gasteiger charge is 2.12. The predicted molar refractivity (Wildman–Crippen MR) is 82.1 cm³/mol. The van der Waals surface area contributed by atoms with Gasteiger partial charge in [-0.15, -0.1) is 0 Å². The Morgan fingerprint density at radius 2 is 1.85 bits per heavy atom. The Bertz CT molecular complexity index is 699. The van der Waals surface area contributed by atoms with Gasteiger partial charge >= 0.3 is 0 Å². The number of rotatable bonds is 5. The van der Waals surface area contributed by atoms with Crippen molar-refractivity contribution in [2.45, 2.75) is 19.2 Å². The van der Waals surface area contributed by atoms with Crippen LogP contribution < -0.4 is 4.72 Å². The molecule has 5 heteroatoms. The zero-order chi connectivity index (χ0) is 14.6. The molecular formula is C15H16ClNO2S. The molecule has 0 heterocycles. The molecule has 0 fully saturated rings. The van der Waals surface area contributed by atoms with E-state index in [0.29, 0.717) is 17.1 Å². The molecule has 0 aromatic heterocycles. The molecular weight excluding hydrogens is 294 g/mol. The Labute approximate surface area is 124 Å². The molecule has 0 aliphatic carbocycles. The van der Waals surface area contributed by atoms with Crippen LogP contribution in [0.4, 0.5) is 0 Å². The average Bonchev–Trinajstić information content (AvgIpc) is 2.37. The Morgan fingerprint density at radius 1 is 1.10 bits per heavy atom. The first kappa shape index (κ1) is 15.0. The van der Waals surface area contributed by atoms with E-state index in [1.54, 1.807) is 24.3 Å². The molecule has 0 bridgehead atoms. The van der Waals surface area contributed by atoms with Crippen molar-refractivity contribution in [3.8, 4) is 0 Å². The average molecular weight is 310 g/mol. The van der Waals surface area contributed by atoms with Gasteiger partial charge in [0.05, 0.1) is 5.75 Å². The highest BCUT2D eigenvalue weighted by Crippen LogP contribution is 2.13. The lowest BCUT2D eigenvalue weighted by Crippen LogP contribution is -2.25. The molecule has 20 heavy (non-hydrogen) atoms. The van der Waals surface area contributed by atoms with E-state index in [2.05, 4.69) is 4.72 Å². The van der Waals surface area contributed by atoms with E-state index in [0.717, 1.165) is 11.1 Å². The van der Waals surface area contributed by atoms with Crippen molar-refractivity contribution < 1.29 is 8.42 Å². The third-order valence-corrected chi connectivity index (χ3v) is 4.52. The second kappa shape index (κ2) is 6.39. The van der Waals surface area contributed by atoms with E-state index < -0.39 is 10.0 Å². The normalized spacial score (nSPS) is 11.5. The van der Waals surface area contributed by atoms with Gasteiger partial charge in [-0.25, -0.2) is 13.1 Å². The third-order valence-electron chi connectivity index (χ3n) is 2.99. The van der Waals surface area contributed by atoms with Gasteiger partial charge in [-0.3, -0.25) is 0 Å². The second-order valence-electron chi connectivity index (χ2n) is 4.64. The molecule has 0 saturated carbocycles. The van der Waals surface area contributed by atoms with Gasteiger partial charge in [0.25, 0.3) is 0 Å². The van der Waals surface area contributed by atoms with E-state index in [4.69, 9.17) is 11.6 Å². The first-order chi connectivity index (χ1) is 9.46. The van der Waals surface area contributed by atoms with Gasteiger partial charge < -0.3 is 0 Å². The van der Waals surface area contributed by atoms with E-state index >= 15 is 0 Å². The van der Waals surface area contributed by atoms with Gasteiger partial charge in [0.1, 0.15) is 0 Å². The molecule has 2 aromatic carbocycles. The Balaban J connectivity index is 2.03. The highest BCUT2D eigenvalue weighted by molar-refractivity contribution is 7.88. The number of sulfonamides is 1.